The lowest BCUT2D eigenvalue weighted by Crippen LogP contribution is -2.20. The summed E-state index contributed by atoms with van der Waals surface area (Å²) in [5.74, 6) is -0.308. The van der Waals surface area contributed by atoms with Crippen molar-refractivity contribution in [3.05, 3.63) is 70.6 Å². The van der Waals surface area contributed by atoms with Gasteiger partial charge in [-0.05, 0) is 18.6 Å². The zero-order chi connectivity index (χ0) is 14.4. The van der Waals surface area contributed by atoms with Crippen molar-refractivity contribution in [2.24, 2.45) is 0 Å². The van der Waals surface area contributed by atoms with E-state index in [0.29, 0.717) is 6.54 Å². The molecule has 4 heteroatoms. The van der Waals surface area contributed by atoms with E-state index in [1.807, 2.05) is 37.3 Å². The molecule has 1 atom stereocenters. The van der Waals surface area contributed by atoms with Crippen molar-refractivity contribution in [2.45, 2.75) is 26.0 Å². The van der Waals surface area contributed by atoms with Crippen LogP contribution >= 0.6 is 0 Å². The topological polar surface area (TPSA) is 48.3 Å². The molecule has 1 unspecified atom stereocenters. The molecule has 0 spiro atoms. The lowest BCUT2D eigenvalue weighted by atomic mass is 10.1. The Kier molecular flexibility index (Phi) is 4.71. The zero-order valence-corrected chi connectivity index (χ0v) is 11.4. The van der Waals surface area contributed by atoms with Crippen molar-refractivity contribution in [1.82, 2.24) is 4.57 Å². The second-order valence-electron chi connectivity index (χ2n) is 4.53. The molecule has 0 radical (unpaired) electrons. The van der Waals surface area contributed by atoms with Gasteiger partial charge in [-0.2, -0.15) is 0 Å². The van der Waals surface area contributed by atoms with Crippen LogP contribution in [-0.2, 0) is 16.1 Å². The van der Waals surface area contributed by atoms with E-state index in [4.69, 9.17) is 4.74 Å². The Morgan fingerprint density at radius 2 is 1.85 bits per heavy atom. The molecule has 104 valence electrons. The maximum atomic E-state index is 11.8. The summed E-state index contributed by atoms with van der Waals surface area (Å²) in [4.78, 5) is 23.3. The first-order valence-corrected chi connectivity index (χ1v) is 6.57. The number of esters is 1. The molecule has 1 aromatic heterocycles. The second kappa shape index (κ2) is 6.70. The molecule has 0 fully saturated rings. The van der Waals surface area contributed by atoms with Gasteiger partial charge in [0, 0.05) is 18.8 Å². The highest BCUT2D eigenvalue weighted by atomic mass is 16.5. The summed E-state index contributed by atoms with van der Waals surface area (Å²) in [7, 11) is 0. The molecule has 0 bridgehead atoms. The number of hydrogen-bond acceptors (Lipinski definition) is 3. The van der Waals surface area contributed by atoms with Crippen LogP contribution in [-0.4, -0.2) is 10.5 Å². The molecule has 0 saturated heterocycles. The van der Waals surface area contributed by atoms with Crippen LogP contribution in [0.15, 0.2) is 59.5 Å². The van der Waals surface area contributed by atoms with Crippen molar-refractivity contribution < 1.29 is 9.53 Å². The van der Waals surface area contributed by atoms with Crippen molar-refractivity contribution in [3.8, 4) is 0 Å². The van der Waals surface area contributed by atoms with Crippen LogP contribution in [0.25, 0.3) is 0 Å². The Hall–Kier alpha value is -2.36. The van der Waals surface area contributed by atoms with Crippen LogP contribution in [0.5, 0.6) is 0 Å². The van der Waals surface area contributed by atoms with Gasteiger partial charge in [-0.25, -0.2) is 0 Å². The Morgan fingerprint density at radius 1 is 1.15 bits per heavy atom. The van der Waals surface area contributed by atoms with Crippen LogP contribution in [0.1, 0.15) is 25.0 Å². The monoisotopic (exact) mass is 271 g/mol. The number of aromatic nitrogens is 1. The third-order valence-electron chi connectivity index (χ3n) is 3.03. The molecule has 0 aliphatic heterocycles. The quantitative estimate of drug-likeness (QED) is 0.785. The Labute approximate surface area is 117 Å². The predicted molar refractivity (Wildman–Crippen MR) is 76.3 cm³/mol. The molecule has 1 aromatic carbocycles. The van der Waals surface area contributed by atoms with Gasteiger partial charge in [0.1, 0.15) is 6.10 Å². The van der Waals surface area contributed by atoms with Gasteiger partial charge in [0.05, 0.1) is 6.42 Å². The SMILES string of the molecule is CC(OC(=O)CCn1ccccc1=O)c1ccccc1. The molecule has 0 aliphatic rings. The van der Waals surface area contributed by atoms with Crippen LogP contribution in [0.4, 0.5) is 0 Å². The zero-order valence-electron chi connectivity index (χ0n) is 11.4. The highest BCUT2D eigenvalue weighted by Gasteiger charge is 2.11. The largest absolute Gasteiger partial charge is 0.458 e. The fourth-order valence-corrected chi connectivity index (χ4v) is 1.91. The van der Waals surface area contributed by atoms with E-state index in [1.54, 1.807) is 18.3 Å². The van der Waals surface area contributed by atoms with E-state index in [0.717, 1.165) is 5.56 Å². The van der Waals surface area contributed by atoms with Crippen molar-refractivity contribution in [3.63, 3.8) is 0 Å². The van der Waals surface area contributed by atoms with Gasteiger partial charge in [0.2, 0.25) is 0 Å². The highest BCUT2D eigenvalue weighted by molar-refractivity contribution is 5.69. The number of rotatable bonds is 5. The summed E-state index contributed by atoms with van der Waals surface area (Å²) in [5, 5.41) is 0. The molecular formula is C16H17NO3. The number of hydrogen-bond donors (Lipinski definition) is 0. The average Bonchev–Trinajstić information content (AvgIpc) is 2.47. The van der Waals surface area contributed by atoms with Crippen LogP contribution in [0.3, 0.4) is 0 Å². The van der Waals surface area contributed by atoms with Gasteiger partial charge >= 0.3 is 5.97 Å². The molecule has 4 nitrogen and oxygen atoms in total. The van der Waals surface area contributed by atoms with Gasteiger partial charge in [-0.1, -0.05) is 36.4 Å². The van der Waals surface area contributed by atoms with Crippen LogP contribution in [0, 0.1) is 0 Å². The van der Waals surface area contributed by atoms with Gasteiger partial charge in [-0.3, -0.25) is 9.59 Å². The summed E-state index contributed by atoms with van der Waals surface area (Å²) in [6.07, 6.45) is 1.56. The van der Waals surface area contributed by atoms with Gasteiger partial charge < -0.3 is 9.30 Å². The Balaban J connectivity index is 1.87. The standard InChI is InChI=1S/C16H17NO3/c1-13(14-7-3-2-4-8-14)20-16(19)10-12-17-11-6-5-9-15(17)18/h2-9,11,13H,10,12H2,1H3. The van der Waals surface area contributed by atoms with Crippen molar-refractivity contribution in [2.75, 3.05) is 0 Å². The first-order valence-electron chi connectivity index (χ1n) is 6.57. The smallest absolute Gasteiger partial charge is 0.308 e. The van der Waals surface area contributed by atoms with Crippen molar-refractivity contribution in [1.29, 1.82) is 0 Å². The summed E-state index contributed by atoms with van der Waals surface area (Å²) in [6.45, 7) is 2.17. The van der Waals surface area contributed by atoms with Gasteiger partial charge in [0.25, 0.3) is 5.56 Å². The molecule has 0 saturated carbocycles. The number of pyridine rings is 1. The molecular weight excluding hydrogens is 254 g/mol. The summed E-state index contributed by atoms with van der Waals surface area (Å²) < 4.78 is 6.84. The lowest BCUT2D eigenvalue weighted by Gasteiger charge is -2.13. The summed E-state index contributed by atoms with van der Waals surface area (Å²) in [6, 6.07) is 14.5. The van der Waals surface area contributed by atoms with E-state index < -0.39 is 0 Å². The van der Waals surface area contributed by atoms with E-state index in [-0.39, 0.29) is 24.1 Å². The number of nitrogens with zero attached hydrogens (tertiary/aromatic N) is 1. The number of ether oxygens (including phenoxy) is 1. The van der Waals surface area contributed by atoms with E-state index in [1.165, 1.54) is 10.6 Å². The fraction of sp³-hybridized carbons (Fsp3) is 0.250. The highest BCUT2D eigenvalue weighted by Crippen LogP contribution is 2.16. The number of carbonyl (C=O) groups excluding carboxylic acids is 1. The Morgan fingerprint density at radius 3 is 2.55 bits per heavy atom. The number of carbonyl (C=O) groups is 1. The average molecular weight is 271 g/mol. The minimum Gasteiger partial charge on any atom is -0.458 e. The fourth-order valence-electron chi connectivity index (χ4n) is 1.91. The molecule has 0 N–H and O–H groups in total. The molecule has 0 aliphatic carbocycles. The minimum atomic E-state index is -0.308. The molecule has 2 rings (SSSR count). The van der Waals surface area contributed by atoms with E-state index in [9.17, 15) is 9.59 Å². The maximum absolute atomic E-state index is 11.8. The Bertz CT molecular complexity index is 619. The third kappa shape index (κ3) is 3.82. The van der Waals surface area contributed by atoms with Gasteiger partial charge in [-0.15, -0.1) is 0 Å². The van der Waals surface area contributed by atoms with Gasteiger partial charge in [0.15, 0.2) is 0 Å². The van der Waals surface area contributed by atoms with Crippen LogP contribution < -0.4 is 5.56 Å². The predicted octanol–water partition coefficient (Wildman–Crippen LogP) is 2.54. The van der Waals surface area contributed by atoms with Crippen molar-refractivity contribution >= 4 is 5.97 Å². The molecule has 2 aromatic rings. The number of aryl methyl sites for hydroxylation is 1. The minimum absolute atomic E-state index is 0.114. The van der Waals surface area contributed by atoms with E-state index >= 15 is 0 Å². The summed E-state index contributed by atoms with van der Waals surface area (Å²) in [5.41, 5.74) is 0.842. The molecule has 0 amide bonds. The summed E-state index contributed by atoms with van der Waals surface area (Å²) >= 11 is 0. The third-order valence-corrected chi connectivity index (χ3v) is 3.03. The second-order valence-corrected chi connectivity index (χ2v) is 4.53. The molecule has 1 heterocycles. The maximum Gasteiger partial charge on any atom is 0.308 e. The van der Waals surface area contributed by atoms with E-state index in [2.05, 4.69) is 0 Å². The number of benzene rings is 1. The van der Waals surface area contributed by atoms with Crippen LogP contribution in [0.2, 0.25) is 0 Å². The lowest BCUT2D eigenvalue weighted by molar-refractivity contribution is -0.148. The normalized spacial score (nSPS) is 11.8. The first kappa shape index (κ1) is 14.1. The first-order chi connectivity index (χ1) is 9.66. The molecule has 20 heavy (non-hydrogen) atoms.